The van der Waals surface area contributed by atoms with E-state index in [1.165, 1.54) is 12.1 Å². The molecule has 7 nitrogen and oxygen atoms in total. The summed E-state index contributed by atoms with van der Waals surface area (Å²) in [6, 6.07) is 17.6. The van der Waals surface area contributed by atoms with E-state index in [9.17, 15) is 31.5 Å². The molecule has 4 rings (SSSR count). The number of sulfonamides is 1. The van der Waals surface area contributed by atoms with E-state index < -0.39 is 44.3 Å². The number of cyclic esters (lactones) is 1. The number of ether oxygens (including phenoxy) is 1. The van der Waals surface area contributed by atoms with Gasteiger partial charge < -0.3 is 12.7 Å². The fourth-order valence-electron chi connectivity index (χ4n) is 5.37. The Hall–Kier alpha value is -1.86. The van der Waals surface area contributed by atoms with E-state index in [2.05, 4.69) is 9.71 Å². The largest absolute Gasteiger partial charge is 1.00 e. The van der Waals surface area contributed by atoms with Gasteiger partial charge in [-0.05, 0) is 61.1 Å². The summed E-state index contributed by atoms with van der Waals surface area (Å²) in [6.07, 6.45) is -1.00. The Balaban J connectivity index is 0.00000506. The molecule has 1 aliphatic heterocycles. The molecule has 0 unspecified atom stereocenters. The summed E-state index contributed by atoms with van der Waals surface area (Å²) in [5, 5.41) is 10.6. The third kappa shape index (κ3) is 9.34. The van der Waals surface area contributed by atoms with Crippen molar-refractivity contribution < 1.29 is 98.2 Å². The van der Waals surface area contributed by atoms with E-state index in [0.717, 1.165) is 18.1 Å². The Labute approximate surface area is 303 Å². The smallest absolute Gasteiger partial charge is 1.00 e. The zero-order valence-corrected chi connectivity index (χ0v) is 30.1. The third-order valence-corrected chi connectivity index (χ3v) is 8.68. The number of hydrogen-bond acceptors (Lipinski definition) is 6. The van der Waals surface area contributed by atoms with Crippen LogP contribution < -0.4 is 63.8 Å². The second-order valence-corrected chi connectivity index (χ2v) is 12.0. The quantitative estimate of drug-likeness (QED) is 0.241. The predicted octanol–water partition coefficient (Wildman–Crippen LogP) is 1.56. The van der Waals surface area contributed by atoms with E-state index in [1.807, 2.05) is 44.2 Å². The van der Waals surface area contributed by atoms with Crippen molar-refractivity contribution in [3.05, 3.63) is 101 Å². The van der Waals surface area contributed by atoms with Crippen LogP contribution >= 0.6 is 0 Å². The summed E-state index contributed by atoms with van der Waals surface area (Å²) in [4.78, 5) is 16.9. The summed E-state index contributed by atoms with van der Waals surface area (Å²) in [5.41, 5.74) is 0.0252. The number of halogens is 3. The molecule has 2 atom stereocenters. The molecule has 0 saturated carbocycles. The van der Waals surface area contributed by atoms with Crippen LogP contribution in [0.1, 0.15) is 71.4 Å². The Bertz CT molecular complexity index is 1560. The monoisotopic (exact) mass is 650 g/mol. The number of nitrogens with zero attached hydrogens (tertiary/aromatic N) is 1. The SMILES string of the molecule is CCC[C@@]1(CCc2ccccc2)CC(O)=C([C@H](CC)c2cccc(NS(=O)(=O)c3ccc(C(F)(F)F)cn3)c2)C(=O)O1.[H-].[H-].[Na+].[Na+]. The fourth-order valence-corrected chi connectivity index (χ4v) is 6.35. The average Bonchev–Trinajstić information content (AvgIpc) is 2.94. The topological polar surface area (TPSA) is 106 Å². The van der Waals surface area contributed by atoms with Crippen molar-refractivity contribution in [1.82, 2.24) is 4.98 Å². The molecular weight excluding hydrogens is 615 g/mol. The number of anilines is 1. The third-order valence-electron chi connectivity index (χ3n) is 7.38. The number of aliphatic hydroxyl groups excluding tert-OH is 1. The number of benzene rings is 2. The zero-order valence-electron chi connectivity index (χ0n) is 27.3. The molecule has 228 valence electrons. The van der Waals surface area contributed by atoms with Gasteiger partial charge in [-0.25, -0.2) is 9.78 Å². The number of esters is 1. The molecule has 2 N–H and O–H groups in total. The van der Waals surface area contributed by atoms with Crippen LogP contribution in [0.3, 0.4) is 0 Å². The molecule has 0 bridgehead atoms. The van der Waals surface area contributed by atoms with Crippen molar-refractivity contribution in [2.45, 2.75) is 75.1 Å². The molecule has 44 heavy (non-hydrogen) atoms. The molecule has 0 fully saturated rings. The normalized spacial score (nSPS) is 17.6. The molecule has 2 heterocycles. The number of aryl methyl sites for hydroxylation is 1. The molecule has 0 saturated heterocycles. The molecule has 0 amide bonds. The van der Waals surface area contributed by atoms with Gasteiger partial charge in [-0.2, -0.15) is 21.6 Å². The molecule has 0 radical (unpaired) electrons. The number of alkyl halides is 3. The second kappa shape index (κ2) is 16.1. The van der Waals surface area contributed by atoms with E-state index >= 15 is 0 Å². The van der Waals surface area contributed by atoms with Crippen LogP contribution in [0.5, 0.6) is 0 Å². The van der Waals surface area contributed by atoms with Crippen molar-refractivity contribution in [2.75, 3.05) is 4.72 Å². The van der Waals surface area contributed by atoms with Crippen molar-refractivity contribution >= 4 is 21.7 Å². The van der Waals surface area contributed by atoms with Crippen molar-refractivity contribution in [3.8, 4) is 0 Å². The van der Waals surface area contributed by atoms with Gasteiger partial charge in [0, 0.05) is 24.2 Å². The Morgan fingerprint density at radius 1 is 1.05 bits per heavy atom. The summed E-state index contributed by atoms with van der Waals surface area (Å²) in [6.45, 7) is 3.83. The van der Waals surface area contributed by atoms with Crippen LogP contribution in [0.2, 0.25) is 0 Å². The molecule has 0 aliphatic carbocycles. The number of aliphatic hydroxyl groups is 1. The van der Waals surface area contributed by atoms with Crippen molar-refractivity contribution in [1.29, 1.82) is 0 Å². The first-order valence-corrected chi connectivity index (χ1v) is 15.2. The first-order valence-electron chi connectivity index (χ1n) is 13.7. The number of hydrogen-bond donors (Lipinski definition) is 2. The fraction of sp³-hybridized carbons (Fsp3) is 0.355. The van der Waals surface area contributed by atoms with E-state index in [-0.39, 0.29) is 85.4 Å². The average molecular weight is 651 g/mol. The Kier molecular flexibility index (Phi) is 14.0. The first kappa shape index (κ1) is 38.3. The molecular formula is C31H35F3N2Na2O5S. The van der Waals surface area contributed by atoms with E-state index in [0.29, 0.717) is 43.5 Å². The van der Waals surface area contributed by atoms with Gasteiger partial charge in [-0.3, -0.25) is 4.72 Å². The summed E-state index contributed by atoms with van der Waals surface area (Å²) < 4.78 is 72.6. The van der Waals surface area contributed by atoms with Crippen molar-refractivity contribution in [2.24, 2.45) is 0 Å². The van der Waals surface area contributed by atoms with E-state index in [1.54, 1.807) is 12.1 Å². The van der Waals surface area contributed by atoms with Gasteiger partial charge in [0.1, 0.15) is 11.4 Å². The number of carbonyl (C=O) groups is 1. The van der Waals surface area contributed by atoms with Crippen LogP contribution in [0.4, 0.5) is 18.9 Å². The molecule has 1 aromatic heterocycles. The van der Waals surface area contributed by atoms with Gasteiger partial charge in [0.25, 0.3) is 10.0 Å². The van der Waals surface area contributed by atoms with Gasteiger partial charge in [0.05, 0.1) is 11.1 Å². The van der Waals surface area contributed by atoms with Crippen LogP contribution in [0.15, 0.2) is 89.3 Å². The Morgan fingerprint density at radius 2 is 1.75 bits per heavy atom. The van der Waals surface area contributed by atoms with Crippen molar-refractivity contribution in [3.63, 3.8) is 0 Å². The number of nitrogens with one attached hydrogen (secondary N) is 1. The minimum Gasteiger partial charge on any atom is -1.00 e. The number of aromatic nitrogens is 1. The number of rotatable bonds is 11. The van der Waals surface area contributed by atoms with Crippen LogP contribution in [-0.2, 0) is 32.2 Å². The maximum absolute atomic E-state index is 13.4. The molecule has 0 spiro atoms. The molecule has 2 aromatic carbocycles. The summed E-state index contributed by atoms with van der Waals surface area (Å²) in [5.74, 6) is -1.23. The number of carbonyl (C=O) groups excluding carboxylic acids is 1. The van der Waals surface area contributed by atoms with Gasteiger partial charge in [0.2, 0.25) is 0 Å². The minimum absolute atomic E-state index is 0. The Morgan fingerprint density at radius 3 is 2.32 bits per heavy atom. The number of pyridine rings is 1. The van der Waals surface area contributed by atoms with Crippen LogP contribution in [0, 0.1) is 0 Å². The summed E-state index contributed by atoms with van der Waals surface area (Å²) >= 11 is 0. The maximum atomic E-state index is 13.4. The first-order chi connectivity index (χ1) is 19.9. The van der Waals surface area contributed by atoms with Crippen LogP contribution in [-0.4, -0.2) is 30.1 Å². The van der Waals surface area contributed by atoms with Crippen LogP contribution in [0.25, 0.3) is 0 Å². The molecule has 1 aliphatic rings. The van der Waals surface area contributed by atoms with E-state index in [4.69, 9.17) is 4.74 Å². The standard InChI is InChI=1S/C31H33F3N2O5S.2Na.2H/c1-3-16-30(17-15-21-9-6-5-7-10-21)19-26(37)28(29(38)41-30)25(4-2)22-11-8-12-24(18-22)36-42(39,40)27-14-13-23(20-35-27)31(32,33)34;;;;/h5-14,18,20,25,36-37H,3-4,15-17,19H2,1-2H3;;;;/q;2*+1;2*-1/t25-,30-;;;;/m1..../s1. The zero-order chi connectivity index (χ0) is 30.5. The maximum Gasteiger partial charge on any atom is 1.00 e. The predicted molar refractivity (Wildman–Crippen MR) is 155 cm³/mol. The van der Waals surface area contributed by atoms with Gasteiger partial charge in [0.15, 0.2) is 5.03 Å². The van der Waals surface area contributed by atoms with Gasteiger partial charge in [-0.1, -0.05) is 62.7 Å². The second-order valence-electron chi connectivity index (χ2n) is 10.4. The summed E-state index contributed by atoms with van der Waals surface area (Å²) in [7, 11) is -4.30. The molecule has 13 heteroatoms. The van der Waals surface area contributed by atoms with Gasteiger partial charge in [-0.15, -0.1) is 0 Å². The minimum atomic E-state index is -4.65. The molecule has 3 aromatic rings. The van der Waals surface area contributed by atoms with Gasteiger partial charge >= 0.3 is 71.3 Å².